The zero-order valence-corrected chi connectivity index (χ0v) is 21.2. The van der Waals surface area contributed by atoms with Crippen LogP contribution in [0.2, 0.25) is 0 Å². The first-order valence-electron chi connectivity index (χ1n) is 13.1. The molecule has 1 aliphatic carbocycles. The number of rotatable bonds is 7. The van der Waals surface area contributed by atoms with Gasteiger partial charge in [0.05, 0.1) is 23.4 Å². The molecule has 2 aliphatic rings. The van der Waals surface area contributed by atoms with Gasteiger partial charge in [-0.3, -0.25) is 0 Å². The quantitative estimate of drug-likeness (QED) is 0.451. The largest absolute Gasteiger partial charge is 0.474 e. The van der Waals surface area contributed by atoms with Crippen molar-refractivity contribution in [2.75, 3.05) is 23.3 Å². The molecule has 0 radical (unpaired) electrons. The molecule has 0 spiro atoms. The number of hydrogen-bond donors (Lipinski definition) is 2. The number of fused-ring (bicyclic) bond motifs is 1. The highest BCUT2D eigenvalue weighted by atomic mass is 19.4. The van der Waals surface area contributed by atoms with Crippen molar-refractivity contribution in [3.05, 3.63) is 36.4 Å². The second-order valence-corrected chi connectivity index (χ2v) is 10.2. The van der Waals surface area contributed by atoms with Crippen LogP contribution in [0.25, 0.3) is 10.9 Å². The Morgan fingerprint density at radius 2 is 1.74 bits per heavy atom. The van der Waals surface area contributed by atoms with Gasteiger partial charge in [-0.15, -0.1) is 0 Å². The van der Waals surface area contributed by atoms with Crippen LogP contribution < -0.4 is 15.0 Å². The zero-order chi connectivity index (χ0) is 26.7. The van der Waals surface area contributed by atoms with Crippen molar-refractivity contribution in [1.82, 2.24) is 24.9 Å². The number of pyridine rings is 1. The number of ether oxygens (including phenoxy) is 1. The molecule has 1 aliphatic heterocycles. The molecule has 0 amide bonds. The molecule has 3 aromatic rings. The summed E-state index contributed by atoms with van der Waals surface area (Å²) in [6, 6.07) is 0.909. The molecule has 1 saturated heterocycles. The molecule has 1 atom stereocenters. The van der Waals surface area contributed by atoms with E-state index >= 15 is 0 Å². The van der Waals surface area contributed by atoms with Crippen molar-refractivity contribution in [2.24, 2.45) is 0 Å². The summed E-state index contributed by atoms with van der Waals surface area (Å²) in [6.45, 7) is 2.95. The number of aliphatic hydroxyl groups excluding tert-OH is 1. The first-order chi connectivity index (χ1) is 18.2. The molecule has 0 aromatic carbocycles. The molecular formula is C26H32F3N7O2. The third kappa shape index (κ3) is 6.40. The Labute approximate surface area is 218 Å². The Morgan fingerprint density at radius 3 is 2.42 bits per heavy atom. The van der Waals surface area contributed by atoms with Gasteiger partial charge in [-0.2, -0.15) is 13.2 Å². The second-order valence-electron chi connectivity index (χ2n) is 10.2. The summed E-state index contributed by atoms with van der Waals surface area (Å²) >= 11 is 0. The lowest BCUT2D eigenvalue weighted by Gasteiger charge is -2.32. The van der Waals surface area contributed by atoms with Crippen molar-refractivity contribution in [1.29, 1.82) is 0 Å². The zero-order valence-electron chi connectivity index (χ0n) is 21.2. The Hall–Kier alpha value is -3.28. The van der Waals surface area contributed by atoms with Crippen LogP contribution in [0.3, 0.4) is 0 Å². The monoisotopic (exact) mass is 531 g/mol. The van der Waals surface area contributed by atoms with E-state index in [0.29, 0.717) is 35.6 Å². The maximum Gasteiger partial charge on any atom is 0.391 e. The summed E-state index contributed by atoms with van der Waals surface area (Å²) in [5.41, 5.74) is 1.53. The molecule has 9 nitrogen and oxygen atoms in total. The lowest BCUT2D eigenvalue weighted by atomic mass is 9.83. The highest BCUT2D eigenvalue weighted by Gasteiger charge is 2.31. The first kappa shape index (κ1) is 26.3. The van der Waals surface area contributed by atoms with Crippen LogP contribution in [-0.2, 0) is 0 Å². The van der Waals surface area contributed by atoms with Gasteiger partial charge in [0.1, 0.15) is 6.10 Å². The summed E-state index contributed by atoms with van der Waals surface area (Å²) in [5, 5.41) is 13.4. The number of hydrogen-bond acceptors (Lipinski definition) is 9. The van der Waals surface area contributed by atoms with Crippen molar-refractivity contribution in [3.63, 3.8) is 0 Å². The molecule has 2 fully saturated rings. The average Bonchev–Trinajstić information content (AvgIpc) is 2.89. The number of halogens is 3. The minimum absolute atomic E-state index is 0.0639. The predicted octanol–water partition coefficient (Wildman–Crippen LogP) is 4.63. The molecule has 204 valence electrons. The van der Waals surface area contributed by atoms with Crippen molar-refractivity contribution >= 4 is 22.8 Å². The molecule has 5 rings (SSSR count). The molecule has 4 heterocycles. The molecule has 1 saturated carbocycles. The van der Waals surface area contributed by atoms with Gasteiger partial charge >= 0.3 is 6.18 Å². The van der Waals surface area contributed by atoms with E-state index in [9.17, 15) is 18.3 Å². The molecule has 2 N–H and O–H groups in total. The van der Waals surface area contributed by atoms with Crippen molar-refractivity contribution < 1.29 is 23.0 Å². The minimum atomic E-state index is -4.29. The van der Waals surface area contributed by atoms with Gasteiger partial charge in [-0.25, -0.2) is 24.9 Å². The van der Waals surface area contributed by atoms with Crippen LogP contribution in [0.15, 0.2) is 30.9 Å². The fourth-order valence-corrected chi connectivity index (χ4v) is 5.27. The van der Waals surface area contributed by atoms with E-state index in [-0.39, 0.29) is 24.1 Å². The maximum atomic E-state index is 12.9. The summed E-state index contributed by atoms with van der Waals surface area (Å²) in [6.07, 6.45) is 5.63. The van der Waals surface area contributed by atoms with Crippen LogP contribution in [0.4, 0.5) is 25.1 Å². The van der Waals surface area contributed by atoms with E-state index in [0.717, 1.165) is 44.3 Å². The maximum absolute atomic E-state index is 12.9. The summed E-state index contributed by atoms with van der Waals surface area (Å²) in [7, 11) is 0. The topological polar surface area (TPSA) is 109 Å². The third-order valence-corrected chi connectivity index (χ3v) is 7.22. The lowest BCUT2D eigenvalue weighted by Crippen LogP contribution is -2.39. The third-order valence-electron chi connectivity index (χ3n) is 7.22. The number of anilines is 2. The number of alkyl halides is 3. The van der Waals surface area contributed by atoms with Crippen LogP contribution >= 0.6 is 0 Å². The molecule has 12 heteroatoms. The normalized spacial score (nSPS) is 21.9. The highest BCUT2D eigenvalue weighted by Crippen LogP contribution is 2.38. The smallest absolute Gasteiger partial charge is 0.391 e. The summed E-state index contributed by atoms with van der Waals surface area (Å²) in [5.74, 6) is 1.40. The van der Waals surface area contributed by atoms with Gasteiger partial charge in [-0.05, 0) is 44.6 Å². The standard InChI is InChI=1S/C26H32F3N7O2/c1-16(13-26(27,28)29)34-24-33-15-21-22(35-24)20(17-3-5-18(37)6-4-17)14-32-23(21)38-19-7-11-36(12-8-19)25-30-9-2-10-31-25/h2,9-10,14-19,37H,3-8,11-13H2,1H3,(H,33,34,35)/t16-,17-,18-/m0/s1. The molecule has 38 heavy (non-hydrogen) atoms. The predicted molar refractivity (Wildman–Crippen MR) is 136 cm³/mol. The van der Waals surface area contributed by atoms with Crippen LogP contribution in [0, 0.1) is 0 Å². The van der Waals surface area contributed by atoms with Crippen LogP contribution in [-0.4, -0.2) is 67.5 Å². The minimum Gasteiger partial charge on any atom is -0.474 e. The molecular weight excluding hydrogens is 499 g/mol. The molecule has 0 bridgehead atoms. The number of aliphatic hydroxyl groups is 1. The lowest BCUT2D eigenvalue weighted by molar-refractivity contribution is -0.136. The second kappa shape index (κ2) is 11.2. The van der Waals surface area contributed by atoms with E-state index in [1.165, 1.54) is 6.92 Å². The average molecular weight is 532 g/mol. The van der Waals surface area contributed by atoms with E-state index in [1.54, 1.807) is 30.9 Å². The van der Waals surface area contributed by atoms with Gasteiger partial charge in [0.15, 0.2) is 0 Å². The Balaban J connectivity index is 1.37. The van der Waals surface area contributed by atoms with Gasteiger partial charge < -0.3 is 20.1 Å². The number of piperidine rings is 1. The van der Waals surface area contributed by atoms with E-state index in [4.69, 9.17) is 4.74 Å². The van der Waals surface area contributed by atoms with E-state index < -0.39 is 18.6 Å². The first-order valence-corrected chi connectivity index (χ1v) is 13.1. The number of nitrogens with zero attached hydrogens (tertiary/aromatic N) is 6. The summed E-state index contributed by atoms with van der Waals surface area (Å²) in [4.78, 5) is 24.4. The van der Waals surface area contributed by atoms with Gasteiger partial charge in [0.2, 0.25) is 17.8 Å². The fraction of sp³-hybridized carbons (Fsp3) is 0.577. The van der Waals surface area contributed by atoms with Crippen LogP contribution in [0.5, 0.6) is 5.88 Å². The van der Waals surface area contributed by atoms with Crippen LogP contribution in [0.1, 0.15) is 63.4 Å². The van der Waals surface area contributed by atoms with E-state index in [2.05, 4.69) is 35.1 Å². The summed E-state index contributed by atoms with van der Waals surface area (Å²) < 4.78 is 44.9. The Kier molecular flexibility index (Phi) is 7.78. The van der Waals surface area contributed by atoms with Gasteiger partial charge in [0, 0.05) is 62.3 Å². The van der Waals surface area contributed by atoms with Crippen molar-refractivity contribution in [2.45, 2.75) is 82.2 Å². The molecule has 0 unspecified atom stereocenters. The number of nitrogens with one attached hydrogen (secondary N) is 1. The Bertz CT molecular complexity index is 1210. The van der Waals surface area contributed by atoms with Gasteiger partial charge in [-0.1, -0.05) is 0 Å². The van der Waals surface area contributed by atoms with Crippen molar-refractivity contribution in [3.8, 4) is 5.88 Å². The highest BCUT2D eigenvalue weighted by molar-refractivity contribution is 5.86. The number of aromatic nitrogens is 5. The molecule has 3 aromatic heterocycles. The Morgan fingerprint density at radius 1 is 1.03 bits per heavy atom. The van der Waals surface area contributed by atoms with Gasteiger partial charge in [0.25, 0.3) is 0 Å². The SMILES string of the molecule is C[C@@H](CC(F)(F)F)Nc1ncc2c(OC3CCN(c4ncccn4)CC3)ncc([C@H]3CC[C@H](O)CC3)c2n1. The van der Waals surface area contributed by atoms with E-state index in [1.807, 2.05) is 0 Å². The fourth-order valence-electron chi connectivity index (χ4n) is 5.27.